The second-order valence-corrected chi connectivity index (χ2v) is 6.92. The van der Waals surface area contributed by atoms with Gasteiger partial charge in [0.1, 0.15) is 11.6 Å². The molecule has 0 amide bonds. The van der Waals surface area contributed by atoms with Gasteiger partial charge in [-0.3, -0.25) is 0 Å². The van der Waals surface area contributed by atoms with Crippen molar-refractivity contribution in [1.29, 1.82) is 0 Å². The number of benzene rings is 2. The molecule has 1 aliphatic carbocycles. The van der Waals surface area contributed by atoms with Crippen LogP contribution in [0.2, 0.25) is 0 Å². The molecular weight excluding hydrogens is 349 g/mol. The molecule has 1 atom stereocenters. The van der Waals surface area contributed by atoms with E-state index in [2.05, 4.69) is 37.2 Å². The molecule has 3 rings (SSSR count). The summed E-state index contributed by atoms with van der Waals surface area (Å²) in [5.41, 5.74) is 4.56. The van der Waals surface area contributed by atoms with E-state index < -0.39 is 0 Å². The largest absolute Gasteiger partial charge is 0.508 e. The maximum absolute atomic E-state index is 13.1. The van der Waals surface area contributed by atoms with E-state index in [0.29, 0.717) is 5.92 Å². The monoisotopic (exact) mass is 373 g/mol. The van der Waals surface area contributed by atoms with Gasteiger partial charge in [0.2, 0.25) is 0 Å². The molecule has 1 N–H and O–H groups in total. The first-order valence-corrected chi connectivity index (χ1v) is 8.63. The van der Waals surface area contributed by atoms with E-state index in [1.807, 2.05) is 12.1 Å². The Hall–Kier alpha value is -2.10. The van der Waals surface area contributed by atoms with Gasteiger partial charge >= 0.3 is 0 Å². The van der Waals surface area contributed by atoms with Crippen molar-refractivity contribution in [2.24, 2.45) is 5.92 Å². The van der Waals surface area contributed by atoms with Crippen molar-refractivity contribution in [2.75, 3.05) is 20.6 Å². The van der Waals surface area contributed by atoms with Crippen LogP contribution in [0.25, 0.3) is 11.6 Å². The van der Waals surface area contributed by atoms with E-state index in [9.17, 15) is 9.50 Å². The minimum atomic E-state index is -0.215. The molecule has 0 saturated carbocycles. The maximum atomic E-state index is 13.1. The molecule has 0 bridgehead atoms. The number of halogens is 2. The van der Waals surface area contributed by atoms with E-state index in [0.717, 1.165) is 30.5 Å². The Kier molecular flexibility index (Phi) is 7.01. The molecule has 4 heteroatoms. The van der Waals surface area contributed by atoms with Gasteiger partial charge in [-0.05, 0) is 79.4 Å². The molecule has 1 unspecified atom stereocenters. The second kappa shape index (κ2) is 9.02. The molecule has 0 heterocycles. The molecular formula is C22H25ClFNO. The third-order valence-electron chi connectivity index (χ3n) is 4.55. The SMILES string of the molecule is CN(C)CC1CC/C(=C/c2ccc(F)cc2)C=C1c1cccc(O)c1.Cl. The Balaban J connectivity index is 0.00000243. The first-order valence-electron chi connectivity index (χ1n) is 8.63. The summed E-state index contributed by atoms with van der Waals surface area (Å²) >= 11 is 0. The number of aromatic hydroxyl groups is 1. The van der Waals surface area contributed by atoms with Crippen LogP contribution in [0.4, 0.5) is 4.39 Å². The number of hydrogen-bond donors (Lipinski definition) is 1. The molecule has 2 aromatic rings. The summed E-state index contributed by atoms with van der Waals surface area (Å²) in [5.74, 6) is 0.506. The van der Waals surface area contributed by atoms with Crippen LogP contribution in [0.3, 0.4) is 0 Å². The predicted octanol–water partition coefficient (Wildman–Crippen LogP) is 5.39. The topological polar surface area (TPSA) is 23.5 Å². The third kappa shape index (κ3) is 5.20. The fourth-order valence-electron chi connectivity index (χ4n) is 3.41. The van der Waals surface area contributed by atoms with Gasteiger partial charge < -0.3 is 10.0 Å². The lowest BCUT2D eigenvalue weighted by atomic mass is 9.81. The van der Waals surface area contributed by atoms with Crippen LogP contribution in [0.15, 0.2) is 60.2 Å². The molecule has 0 fully saturated rings. The molecule has 0 aliphatic heterocycles. The molecule has 1 aliphatic rings. The number of phenolic OH excluding ortho intramolecular Hbond substituents is 1. The predicted molar refractivity (Wildman–Crippen MR) is 109 cm³/mol. The minimum Gasteiger partial charge on any atom is -0.508 e. The highest BCUT2D eigenvalue weighted by Gasteiger charge is 2.22. The van der Waals surface area contributed by atoms with Crippen molar-refractivity contribution < 1.29 is 9.50 Å². The van der Waals surface area contributed by atoms with Crippen molar-refractivity contribution in [2.45, 2.75) is 12.8 Å². The van der Waals surface area contributed by atoms with Crippen LogP contribution in [0.5, 0.6) is 5.75 Å². The van der Waals surface area contributed by atoms with Gasteiger partial charge in [0.05, 0.1) is 0 Å². The smallest absolute Gasteiger partial charge is 0.123 e. The van der Waals surface area contributed by atoms with Crippen LogP contribution in [-0.2, 0) is 0 Å². The van der Waals surface area contributed by atoms with E-state index in [-0.39, 0.29) is 24.0 Å². The quantitative estimate of drug-likeness (QED) is 0.776. The molecule has 0 radical (unpaired) electrons. The van der Waals surface area contributed by atoms with Crippen LogP contribution in [-0.4, -0.2) is 30.6 Å². The van der Waals surface area contributed by atoms with E-state index in [4.69, 9.17) is 0 Å². The number of nitrogens with zero attached hydrogens (tertiary/aromatic N) is 1. The fraction of sp³-hybridized carbons (Fsp3) is 0.273. The highest BCUT2D eigenvalue weighted by atomic mass is 35.5. The lowest BCUT2D eigenvalue weighted by Crippen LogP contribution is -2.24. The van der Waals surface area contributed by atoms with Gasteiger partial charge in [-0.25, -0.2) is 4.39 Å². The molecule has 26 heavy (non-hydrogen) atoms. The van der Waals surface area contributed by atoms with Crippen molar-refractivity contribution >= 4 is 24.1 Å². The standard InChI is InChI=1S/C22H24FNO.ClH/c1-24(2)15-19-9-6-17(12-16-7-10-20(23)11-8-16)13-22(19)18-4-3-5-21(25)14-18;/h3-5,7-8,10-14,19,25H,6,9,15H2,1-2H3;1H/b17-12-;. The van der Waals surface area contributed by atoms with Gasteiger partial charge in [0.25, 0.3) is 0 Å². The summed E-state index contributed by atoms with van der Waals surface area (Å²) in [5, 5.41) is 9.85. The molecule has 138 valence electrons. The third-order valence-corrected chi connectivity index (χ3v) is 4.55. The summed E-state index contributed by atoms with van der Waals surface area (Å²) in [4.78, 5) is 2.20. The van der Waals surface area contributed by atoms with Gasteiger partial charge in [0.15, 0.2) is 0 Å². The first kappa shape index (κ1) is 20.2. The van der Waals surface area contributed by atoms with Crippen LogP contribution in [0, 0.1) is 11.7 Å². The first-order chi connectivity index (χ1) is 12.0. The normalized spacial score (nSPS) is 18.5. The number of allylic oxidation sites excluding steroid dienone is 2. The Morgan fingerprint density at radius 1 is 1.15 bits per heavy atom. The second-order valence-electron chi connectivity index (χ2n) is 6.92. The van der Waals surface area contributed by atoms with Crippen LogP contribution in [0.1, 0.15) is 24.0 Å². The number of hydrogen-bond acceptors (Lipinski definition) is 2. The molecule has 2 aromatic carbocycles. The Morgan fingerprint density at radius 3 is 2.54 bits per heavy atom. The van der Waals surface area contributed by atoms with Gasteiger partial charge in [-0.15, -0.1) is 12.4 Å². The van der Waals surface area contributed by atoms with Crippen LogP contribution < -0.4 is 0 Å². The van der Waals surface area contributed by atoms with Gasteiger partial charge in [0, 0.05) is 6.54 Å². The summed E-state index contributed by atoms with van der Waals surface area (Å²) in [6.45, 7) is 0.977. The van der Waals surface area contributed by atoms with Gasteiger partial charge in [-0.1, -0.05) is 36.4 Å². The average molecular weight is 374 g/mol. The Morgan fingerprint density at radius 2 is 1.88 bits per heavy atom. The Labute approximate surface area is 161 Å². The zero-order valence-corrected chi connectivity index (χ0v) is 16.0. The summed E-state index contributed by atoms with van der Waals surface area (Å²) in [7, 11) is 4.17. The van der Waals surface area contributed by atoms with E-state index in [1.54, 1.807) is 18.2 Å². The highest BCUT2D eigenvalue weighted by molar-refractivity contribution is 5.85. The van der Waals surface area contributed by atoms with Crippen molar-refractivity contribution in [1.82, 2.24) is 4.90 Å². The van der Waals surface area contributed by atoms with E-state index >= 15 is 0 Å². The van der Waals surface area contributed by atoms with Crippen molar-refractivity contribution in [3.63, 3.8) is 0 Å². The van der Waals surface area contributed by atoms with E-state index in [1.165, 1.54) is 23.3 Å². The zero-order chi connectivity index (χ0) is 17.8. The maximum Gasteiger partial charge on any atom is 0.123 e. The van der Waals surface area contributed by atoms with Gasteiger partial charge in [-0.2, -0.15) is 0 Å². The minimum absolute atomic E-state index is 0. The number of rotatable bonds is 4. The average Bonchev–Trinajstić information content (AvgIpc) is 2.58. The van der Waals surface area contributed by atoms with Crippen molar-refractivity contribution in [3.8, 4) is 5.75 Å². The van der Waals surface area contributed by atoms with Crippen LogP contribution >= 0.6 is 12.4 Å². The molecule has 0 aromatic heterocycles. The lowest BCUT2D eigenvalue weighted by Gasteiger charge is -2.28. The summed E-state index contributed by atoms with van der Waals surface area (Å²) < 4.78 is 13.1. The number of phenols is 1. The zero-order valence-electron chi connectivity index (χ0n) is 15.2. The van der Waals surface area contributed by atoms with Crippen molar-refractivity contribution in [3.05, 3.63) is 77.1 Å². The molecule has 0 saturated heterocycles. The lowest BCUT2D eigenvalue weighted by molar-refractivity contribution is 0.352. The highest BCUT2D eigenvalue weighted by Crippen LogP contribution is 2.36. The fourth-order valence-corrected chi connectivity index (χ4v) is 3.41. The Bertz CT molecular complexity index is 796. The summed E-state index contributed by atoms with van der Waals surface area (Å²) in [6.07, 6.45) is 6.41. The molecule has 2 nitrogen and oxygen atoms in total. The summed E-state index contributed by atoms with van der Waals surface area (Å²) in [6, 6.07) is 14.0. The molecule has 0 spiro atoms.